The molecule has 0 unspecified atom stereocenters. The Morgan fingerprint density at radius 1 is 0.821 bits per heavy atom. The third-order valence-electron chi connectivity index (χ3n) is 4.76. The Labute approximate surface area is 165 Å². The summed E-state index contributed by atoms with van der Waals surface area (Å²) in [5.74, 6) is -1.32. The van der Waals surface area contributed by atoms with Gasteiger partial charge in [-0.1, -0.05) is 48.5 Å². The molecular weight excluding hydrogens is 350 g/mol. The molecule has 5 nitrogen and oxygen atoms in total. The highest BCUT2D eigenvalue weighted by Gasteiger charge is 2.14. The Morgan fingerprint density at radius 2 is 1.50 bits per heavy atom. The van der Waals surface area contributed by atoms with Gasteiger partial charge in [-0.15, -0.1) is 0 Å². The van der Waals surface area contributed by atoms with Crippen molar-refractivity contribution in [1.29, 1.82) is 0 Å². The molecule has 0 aliphatic carbocycles. The fraction of sp³-hybridized carbons (Fsp3) is 0.217. The van der Waals surface area contributed by atoms with E-state index in [9.17, 15) is 9.59 Å². The molecular formula is C23H25N3O2. The Morgan fingerprint density at radius 3 is 2.21 bits per heavy atom. The highest BCUT2D eigenvalue weighted by molar-refractivity contribution is 6.40. The largest absolute Gasteiger partial charge is 0.372 e. The quantitative estimate of drug-likeness (QED) is 0.642. The topological polar surface area (TPSA) is 61.4 Å². The number of nitrogens with zero attached hydrogens (tertiary/aromatic N) is 1. The van der Waals surface area contributed by atoms with Crippen molar-refractivity contribution in [3.63, 3.8) is 0 Å². The summed E-state index contributed by atoms with van der Waals surface area (Å²) in [5.41, 5.74) is 2.72. The van der Waals surface area contributed by atoms with Gasteiger partial charge in [-0.25, -0.2) is 0 Å². The molecule has 0 saturated heterocycles. The molecule has 5 heteroatoms. The van der Waals surface area contributed by atoms with E-state index in [1.165, 1.54) is 0 Å². The van der Waals surface area contributed by atoms with Crippen molar-refractivity contribution in [1.82, 2.24) is 5.32 Å². The second kappa shape index (κ2) is 9.04. The van der Waals surface area contributed by atoms with Crippen LogP contribution in [0.2, 0.25) is 0 Å². The monoisotopic (exact) mass is 375 g/mol. The van der Waals surface area contributed by atoms with Gasteiger partial charge in [0, 0.05) is 36.4 Å². The van der Waals surface area contributed by atoms with Gasteiger partial charge in [0.05, 0.1) is 0 Å². The molecule has 2 N–H and O–H groups in total. The molecule has 3 aromatic carbocycles. The Balaban J connectivity index is 1.59. The number of nitrogens with one attached hydrogen (secondary N) is 2. The number of anilines is 2. The zero-order chi connectivity index (χ0) is 19.9. The first-order valence-corrected chi connectivity index (χ1v) is 9.53. The lowest BCUT2D eigenvalue weighted by molar-refractivity contribution is -0.136. The van der Waals surface area contributed by atoms with Gasteiger partial charge in [-0.3, -0.25) is 9.59 Å². The highest BCUT2D eigenvalue weighted by Crippen LogP contribution is 2.22. The van der Waals surface area contributed by atoms with Gasteiger partial charge in [0.15, 0.2) is 0 Å². The summed E-state index contributed by atoms with van der Waals surface area (Å²) in [6.45, 7) is 6.43. The van der Waals surface area contributed by atoms with Crippen LogP contribution in [0.5, 0.6) is 0 Å². The summed E-state index contributed by atoms with van der Waals surface area (Å²) in [7, 11) is 0. The van der Waals surface area contributed by atoms with E-state index in [2.05, 4.69) is 29.4 Å². The van der Waals surface area contributed by atoms with E-state index < -0.39 is 11.8 Å². The van der Waals surface area contributed by atoms with Crippen molar-refractivity contribution in [3.05, 3.63) is 72.3 Å². The van der Waals surface area contributed by atoms with Gasteiger partial charge < -0.3 is 15.5 Å². The number of hydrogen-bond donors (Lipinski definition) is 2. The molecule has 0 radical (unpaired) electrons. The van der Waals surface area contributed by atoms with Crippen LogP contribution in [0.1, 0.15) is 19.4 Å². The summed E-state index contributed by atoms with van der Waals surface area (Å²) in [5, 5.41) is 7.29. The summed E-state index contributed by atoms with van der Waals surface area (Å²) < 4.78 is 0. The van der Waals surface area contributed by atoms with Crippen molar-refractivity contribution in [2.75, 3.05) is 23.3 Å². The van der Waals surface area contributed by atoms with Crippen molar-refractivity contribution in [3.8, 4) is 0 Å². The van der Waals surface area contributed by atoms with Crippen LogP contribution in [0.15, 0.2) is 66.7 Å². The van der Waals surface area contributed by atoms with E-state index in [-0.39, 0.29) is 0 Å². The molecule has 0 aliphatic heterocycles. The first-order chi connectivity index (χ1) is 13.6. The van der Waals surface area contributed by atoms with Crippen molar-refractivity contribution in [2.45, 2.75) is 20.4 Å². The van der Waals surface area contributed by atoms with Gasteiger partial charge in [0.2, 0.25) is 0 Å². The van der Waals surface area contributed by atoms with Crippen molar-refractivity contribution >= 4 is 34.0 Å². The third kappa shape index (κ3) is 4.49. The molecule has 0 aromatic heterocycles. The molecule has 3 rings (SSSR count). The standard InChI is InChI=1S/C23H25N3O2/c1-3-26(4-2)19-14-12-17(13-15-19)16-24-22(27)23(28)25-21-11-7-9-18-8-5-6-10-20(18)21/h5-15H,3-4,16H2,1-2H3,(H,24,27)(H,25,28). The number of carbonyl (C=O) groups excluding carboxylic acids is 2. The van der Waals surface area contributed by atoms with Gasteiger partial charge in [-0.2, -0.15) is 0 Å². The molecule has 0 spiro atoms. The van der Waals surface area contributed by atoms with Crippen LogP contribution in [0.3, 0.4) is 0 Å². The number of amides is 2. The summed E-state index contributed by atoms with van der Waals surface area (Å²) >= 11 is 0. The summed E-state index contributed by atoms with van der Waals surface area (Å²) in [6.07, 6.45) is 0. The normalized spacial score (nSPS) is 10.5. The lowest BCUT2D eigenvalue weighted by atomic mass is 10.1. The molecule has 28 heavy (non-hydrogen) atoms. The van der Waals surface area contributed by atoms with E-state index in [0.29, 0.717) is 12.2 Å². The molecule has 0 heterocycles. The Hall–Kier alpha value is -3.34. The molecule has 0 atom stereocenters. The van der Waals surface area contributed by atoms with E-state index in [0.717, 1.165) is 35.1 Å². The van der Waals surface area contributed by atoms with Crippen LogP contribution in [-0.2, 0) is 16.1 Å². The Kier molecular flexibility index (Phi) is 6.27. The number of fused-ring (bicyclic) bond motifs is 1. The average molecular weight is 375 g/mol. The second-order valence-corrected chi connectivity index (χ2v) is 6.50. The van der Waals surface area contributed by atoms with Crippen LogP contribution >= 0.6 is 0 Å². The predicted octanol–water partition coefficient (Wildman–Crippen LogP) is 3.94. The summed E-state index contributed by atoms with van der Waals surface area (Å²) in [6, 6.07) is 21.3. The maximum Gasteiger partial charge on any atom is 0.313 e. The maximum atomic E-state index is 12.3. The molecule has 0 saturated carbocycles. The molecule has 3 aromatic rings. The minimum absolute atomic E-state index is 0.306. The average Bonchev–Trinajstić information content (AvgIpc) is 2.74. The number of carbonyl (C=O) groups is 2. The second-order valence-electron chi connectivity index (χ2n) is 6.50. The minimum atomic E-state index is -0.670. The van der Waals surface area contributed by atoms with E-state index in [4.69, 9.17) is 0 Å². The SMILES string of the molecule is CCN(CC)c1ccc(CNC(=O)C(=O)Nc2cccc3ccccc23)cc1. The van der Waals surface area contributed by atoms with Crippen LogP contribution in [0.4, 0.5) is 11.4 Å². The minimum Gasteiger partial charge on any atom is -0.372 e. The number of hydrogen-bond acceptors (Lipinski definition) is 3. The van der Waals surface area contributed by atoms with E-state index in [1.54, 1.807) is 6.07 Å². The number of rotatable bonds is 6. The Bertz CT molecular complexity index is 958. The van der Waals surface area contributed by atoms with Gasteiger partial charge in [0.1, 0.15) is 0 Å². The van der Waals surface area contributed by atoms with Crippen LogP contribution < -0.4 is 15.5 Å². The highest BCUT2D eigenvalue weighted by atomic mass is 16.2. The molecule has 144 valence electrons. The smallest absolute Gasteiger partial charge is 0.313 e. The van der Waals surface area contributed by atoms with E-state index in [1.807, 2.05) is 60.7 Å². The van der Waals surface area contributed by atoms with Crippen molar-refractivity contribution < 1.29 is 9.59 Å². The molecule has 0 fully saturated rings. The van der Waals surface area contributed by atoms with Gasteiger partial charge in [-0.05, 0) is 43.0 Å². The van der Waals surface area contributed by atoms with E-state index >= 15 is 0 Å². The molecule has 2 amide bonds. The fourth-order valence-corrected chi connectivity index (χ4v) is 3.19. The van der Waals surface area contributed by atoms with Crippen LogP contribution in [-0.4, -0.2) is 24.9 Å². The van der Waals surface area contributed by atoms with Gasteiger partial charge >= 0.3 is 11.8 Å². The third-order valence-corrected chi connectivity index (χ3v) is 4.76. The first-order valence-electron chi connectivity index (χ1n) is 9.53. The fourth-order valence-electron chi connectivity index (χ4n) is 3.19. The molecule has 0 aliphatic rings. The van der Waals surface area contributed by atoms with Crippen molar-refractivity contribution in [2.24, 2.45) is 0 Å². The lowest BCUT2D eigenvalue weighted by Crippen LogP contribution is -2.35. The lowest BCUT2D eigenvalue weighted by Gasteiger charge is -2.21. The summed E-state index contributed by atoms with van der Waals surface area (Å²) in [4.78, 5) is 26.7. The zero-order valence-corrected chi connectivity index (χ0v) is 16.2. The molecule has 0 bridgehead atoms. The first kappa shape index (κ1) is 19.4. The maximum absolute atomic E-state index is 12.3. The predicted molar refractivity (Wildman–Crippen MR) is 114 cm³/mol. The zero-order valence-electron chi connectivity index (χ0n) is 16.2. The van der Waals surface area contributed by atoms with Crippen LogP contribution in [0, 0.1) is 0 Å². The number of benzene rings is 3. The van der Waals surface area contributed by atoms with Gasteiger partial charge in [0.25, 0.3) is 0 Å². The van der Waals surface area contributed by atoms with Crippen LogP contribution in [0.25, 0.3) is 10.8 Å².